The molecule has 2 aromatic heterocycles. The molecule has 0 saturated heterocycles. The van der Waals surface area contributed by atoms with Gasteiger partial charge in [-0.2, -0.15) is 0 Å². The van der Waals surface area contributed by atoms with Gasteiger partial charge in [0.1, 0.15) is 0 Å². The van der Waals surface area contributed by atoms with Crippen molar-refractivity contribution in [1.82, 2.24) is 10.2 Å². The van der Waals surface area contributed by atoms with Gasteiger partial charge in [-0.05, 0) is 32.0 Å². The van der Waals surface area contributed by atoms with Crippen molar-refractivity contribution in [2.45, 2.75) is 38.0 Å². The van der Waals surface area contributed by atoms with Crippen molar-refractivity contribution in [2.75, 3.05) is 17.7 Å². The van der Waals surface area contributed by atoms with Crippen molar-refractivity contribution in [2.24, 2.45) is 16.6 Å². The Balaban J connectivity index is 1.79. The summed E-state index contributed by atoms with van der Waals surface area (Å²) >= 11 is 1.04. The number of methoxy groups -OCH3 is 1. The van der Waals surface area contributed by atoms with Crippen LogP contribution >= 0.6 is 11.3 Å². The molecule has 5 N–H and O–H groups in total. The third kappa shape index (κ3) is 5.60. The van der Waals surface area contributed by atoms with Gasteiger partial charge in [-0.25, -0.2) is 9.79 Å². The Morgan fingerprint density at radius 2 is 2.28 bits per heavy atom. The van der Waals surface area contributed by atoms with Crippen LogP contribution in [0, 0.1) is 5.92 Å². The van der Waals surface area contributed by atoms with E-state index in [1.165, 1.54) is 19.4 Å². The molecule has 3 radical (unpaired) electrons. The van der Waals surface area contributed by atoms with Gasteiger partial charge in [-0.3, -0.25) is 10.1 Å². The monoisotopic (exact) mass is 475 g/mol. The predicted molar refractivity (Wildman–Crippen MR) is 122 cm³/mol. The summed E-state index contributed by atoms with van der Waals surface area (Å²) in [7, 11) is 4.91. The predicted octanol–water partition coefficient (Wildman–Crippen LogP) is 1.38. The molecule has 2 aromatic rings. The molecular formula is C19H23N6O5SSi. The van der Waals surface area contributed by atoms with Crippen LogP contribution in [0.2, 0.25) is 0 Å². The van der Waals surface area contributed by atoms with Crippen LogP contribution in [0.1, 0.15) is 36.7 Å². The highest BCUT2D eigenvalue weighted by atomic mass is 32.1. The number of nitrogens with zero attached hydrogens (tertiary/aromatic N) is 3. The van der Waals surface area contributed by atoms with Gasteiger partial charge in [0.15, 0.2) is 5.76 Å². The summed E-state index contributed by atoms with van der Waals surface area (Å²) < 4.78 is 10.3. The first kappa shape index (κ1) is 23.6. The first-order valence-corrected chi connectivity index (χ1v) is 11.2. The molecule has 11 nitrogen and oxygen atoms in total. The molecule has 1 fully saturated rings. The van der Waals surface area contributed by atoms with Crippen molar-refractivity contribution >= 4 is 49.1 Å². The number of amides is 1. The summed E-state index contributed by atoms with van der Waals surface area (Å²) in [5.41, 5.74) is 5.04. The number of hydrogen-bond acceptors (Lipinski definition) is 11. The number of aliphatic imine (C=N–C) groups is 1. The first-order chi connectivity index (χ1) is 15.3. The van der Waals surface area contributed by atoms with E-state index in [1.807, 2.05) is 0 Å². The van der Waals surface area contributed by atoms with Crippen LogP contribution in [0.5, 0.6) is 5.75 Å². The number of aliphatic hydroxyl groups excluding tert-OH is 1. The van der Waals surface area contributed by atoms with E-state index in [1.54, 1.807) is 13.0 Å². The zero-order valence-corrected chi connectivity index (χ0v) is 19.3. The highest BCUT2D eigenvalue weighted by Crippen LogP contribution is 2.31. The van der Waals surface area contributed by atoms with Gasteiger partial charge in [-0.1, -0.05) is 17.8 Å². The third-order valence-corrected chi connectivity index (χ3v) is 6.16. The average molecular weight is 476 g/mol. The number of ether oxygens (including phenoxy) is 1. The zero-order chi connectivity index (χ0) is 23.3. The Labute approximate surface area is 191 Å². The minimum absolute atomic E-state index is 0.0566. The van der Waals surface area contributed by atoms with E-state index in [9.17, 15) is 14.7 Å². The summed E-state index contributed by atoms with van der Waals surface area (Å²) in [6.45, 7) is 1.74. The van der Waals surface area contributed by atoms with Gasteiger partial charge in [0.05, 0.1) is 29.1 Å². The lowest BCUT2D eigenvalue weighted by atomic mass is 10.1. The Bertz CT molecular complexity index is 1080. The Morgan fingerprint density at radius 1 is 1.50 bits per heavy atom. The van der Waals surface area contributed by atoms with Gasteiger partial charge < -0.3 is 25.3 Å². The lowest BCUT2D eigenvalue weighted by Gasteiger charge is -2.25. The fraction of sp³-hybridized carbons (Fsp3) is 0.421. The van der Waals surface area contributed by atoms with Crippen LogP contribution in [-0.4, -0.2) is 56.0 Å². The summed E-state index contributed by atoms with van der Waals surface area (Å²) in [4.78, 5) is 29.2. The molecule has 32 heavy (non-hydrogen) atoms. The summed E-state index contributed by atoms with van der Waals surface area (Å²) in [5.74, 6) is -1.07. The molecule has 0 aromatic carbocycles. The number of aliphatic hydroxyl groups is 1. The molecule has 1 aliphatic rings. The second-order valence-corrected chi connectivity index (χ2v) is 8.66. The summed E-state index contributed by atoms with van der Waals surface area (Å²) in [6.07, 6.45) is 4.93. The Morgan fingerprint density at radius 3 is 2.94 bits per heavy atom. The van der Waals surface area contributed by atoms with Gasteiger partial charge >= 0.3 is 5.63 Å². The molecule has 169 valence electrons. The summed E-state index contributed by atoms with van der Waals surface area (Å²) in [6, 6.07) is 1.36. The molecule has 1 aliphatic carbocycles. The first-order valence-electron chi connectivity index (χ1n) is 9.78. The highest BCUT2D eigenvalue weighted by molar-refractivity contribution is 7.18. The molecular weight excluding hydrogens is 452 g/mol. The van der Waals surface area contributed by atoms with Crippen LogP contribution < -0.4 is 26.7 Å². The fourth-order valence-corrected chi connectivity index (χ4v) is 4.54. The zero-order valence-electron chi connectivity index (χ0n) is 17.5. The average Bonchev–Trinajstić information content (AvgIpc) is 3.36. The number of rotatable bonds is 8. The quantitative estimate of drug-likeness (QED) is 0.326. The number of allylic oxidation sites excluding steroid dienone is 1. The molecule has 13 heteroatoms. The molecule has 1 amide bonds. The van der Waals surface area contributed by atoms with Crippen molar-refractivity contribution < 1.29 is 19.1 Å². The molecule has 0 bridgehead atoms. The van der Waals surface area contributed by atoms with Crippen LogP contribution in [0.3, 0.4) is 0 Å². The van der Waals surface area contributed by atoms with E-state index in [-0.39, 0.29) is 33.9 Å². The lowest BCUT2D eigenvalue weighted by molar-refractivity contribution is 0.0991. The summed E-state index contributed by atoms with van der Waals surface area (Å²) in [5, 5.41) is 24.0. The number of carbonyl (C=O) groups is 1. The molecule has 3 rings (SSSR count). The second-order valence-electron chi connectivity index (χ2n) is 7.09. The highest BCUT2D eigenvalue weighted by Gasteiger charge is 2.31. The molecule has 1 unspecified atom stereocenters. The Hall–Kier alpha value is -3.03. The van der Waals surface area contributed by atoms with Crippen molar-refractivity contribution in [1.29, 1.82) is 0 Å². The van der Waals surface area contributed by atoms with Crippen LogP contribution in [0.25, 0.3) is 0 Å². The number of anilines is 2. The number of aromatic nitrogens is 2. The smallest absolute Gasteiger partial charge is 0.381 e. The van der Waals surface area contributed by atoms with Crippen molar-refractivity contribution in [3.8, 4) is 5.75 Å². The van der Waals surface area contributed by atoms with Gasteiger partial charge in [-0.15, -0.1) is 10.2 Å². The molecule has 2 heterocycles. The van der Waals surface area contributed by atoms with E-state index in [0.29, 0.717) is 17.3 Å². The second kappa shape index (κ2) is 10.5. The van der Waals surface area contributed by atoms with Gasteiger partial charge in [0.25, 0.3) is 5.91 Å². The van der Waals surface area contributed by atoms with E-state index >= 15 is 0 Å². The molecule has 1 saturated carbocycles. The number of nitrogens with one attached hydrogen (secondary N) is 2. The van der Waals surface area contributed by atoms with E-state index in [0.717, 1.165) is 24.2 Å². The topological polar surface area (TPSA) is 165 Å². The van der Waals surface area contributed by atoms with Gasteiger partial charge in [0, 0.05) is 23.4 Å². The van der Waals surface area contributed by atoms with E-state index < -0.39 is 17.6 Å². The standard InChI is InChI=1S/C19H23N6O5SSi/c1-9(6-7-20)21-18-24-25-19(31-18)23-15(27)13-8-11(14(29-2)17(28)30-13)22-16(32)10-4-3-5-12(10)26/h6-8,10,12,16,22,26H,3-5,20H2,1-2H3,(H,23,25,27)/b7-6-,21-9+/t10-,12+,16?/m0/s1. The van der Waals surface area contributed by atoms with Crippen LogP contribution in [-0.2, 0) is 0 Å². The maximum absolute atomic E-state index is 12.7. The van der Waals surface area contributed by atoms with Crippen molar-refractivity contribution in [3.05, 3.63) is 34.5 Å². The minimum atomic E-state index is -0.819. The van der Waals surface area contributed by atoms with E-state index in [2.05, 4.69) is 36.1 Å². The molecule has 0 aliphatic heterocycles. The normalized spacial score (nSPS) is 19.8. The Kier molecular flexibility index (Phi) is 7.77. The van der Waals surface area contributed by atoms with Crippen LogP contribution in [0.15, 0.2) is 32.5 Å². The fourth-order valence-electron chi connectivity index (χ4n) is 3.32. The molecule has 0 spiro atoms. The maximum Gasteiger partial charge on any atom is 0.381 e. The SMILES string of the molecule is COc1c(NC([Si])[C@H]2CCC[C@H]2O)cc(C(=O)Nc2nnc(/N=C(C)/C=C\N)s2)oc1=O. The van der Waals surface area contributed by atoms with Gasteiger partial charge in [0.2, 0.25) is 16.0 Å². The molecule has 3 atom stereocenters. The third-order valence-electron chi connectivity index (χ3n) is 4.85. The van der Waals surface area contributed by atoms with E-state index in [4.69, 9.17) is 14.9 Å². The lowest BCUT2D eigenvalue weighted by Crippen LogP contribution is -2.34. The maximum atomic E-state index is 12.7. The minimum Gasteiger partial charge on any atom is -0.488 e. The number of carbonyl (C=O) groups excluding carboxylic acids is 1. The van der Waals surface area contributed by atoms with Crippen molar-refractivity contribution in [3.63, 3.8) is 0 Å². The number of nitrogens with two attached hydrogens (primary N) is 1. The number of hydrogen-bond donors (Lipinski definition) is 4. The van der Waals surface area contributed by atoms with Crippen LogP contribution in [0.4, 0.5) is 16.0 Å². The largest absolute Gasteiger partial charge is 0.488 e.